The van der Waals surface area contributed by atoms with Gasteiger partial charge in [0.2, 0.25) is 5.91 Å². The highest BCUT2D eigenvalue weighted by Crippen LogP contribution is 2.14. The Labute approximate surface area is 126 Å². The predicted octanol–water partition coefficient (Wildman–Crippen LogP) is 3.20. The zero-order chi connectivity index (χ0) is 15.2. The normalized spacial score (nSPS) is 10.2. The molecule has 110 valence electrons. The van der Waals surface area contributed by atoms with E-state index in [1.807, 2.05) is 24.3 Å². The number of carbonyl (C=O) groups is 1. The molecule has 0 aliphatic heterocycles. The number of likely N-dealkylation sites (N-methyl/N-ethyl adjacent to an activating group) is 1. The van der Waals surface area contributed by atoms with Gasteiger partial charge in [0.05, 0.1) is 6.42 Å². The highest BCUT2D eigenvalue weighted by molar-refractivity contribution is 5.78. The first kappa shape index (κ1) is 15.1. The molecule has 2 aromatic rings. The molecule has 0 saturated carbocycles. The molecule has 2 aromatic carbocycles. The molecule has 1 amide bonds. The molecule has 0 spiro atoms. The lowest BCUT2D eigenvalue weighted by Crippen LogP contribution is -2.19. The lowest BCUT2D eigenvalue weighted by molar-refractivity contribution is -0.119. The van der Waals surface area contributed by atoms with Crippen LogP contribution in [0.3, 0.4) is 0 Å². The van der Waals surface area contributed by atoms with Crippen LogP contribution in [0.1, 0.15) is 22.3 Å². The molecule has 0 saturated heterocycles. The van der Waals surface area contributed by atoms with E-state index in [1.54, 1.807) is 7.05 Å². The van der Waals surface area contributed by atoms with Crippen LogP contribution in [0, 0.1) is 13.8 Å². The Hall–Kier alpha value is -2.29. The summed E-state index contributed by atoms with van der Waals surface area (Å²) < 4.78 is 0. The minimum Gasteiger partial charge on any atom is -0.381 e. The largest absolute Gasteiger partial charge is 0.381 e. The predicted molar refractivity (Wildman–Crippen MR) is 87.5 cm³/mol. The fourth-order valence-corrected chi connectivity index (χ4v) is 2.39. The van der Waals surface area contributed by atoms with Crippen LogP contribution in [0.5, 0.6) is 0 Å². The van der Waals surface area contributed by atoms with Crippen molar-refractivity contribution in [2.45, 2.75) is 26.8 Å². The first-order valence-electron chi connectivity index (χ1n) is 7.17. The number of anilines is 1. The molecule has 3 heteroatoms. The van der Waals surface area contributed by atoms with Crippen molar-refractivity contribution in [3.63, 3.8) is 0 Å². The molecule has 2 N–H and O–H groups in total. The maximum absolute atomic E-state index is 11.3. The van der Waals surface area contributed by atoms with E-state index in [4.69, 9.17) is 0 Å². The summed E-state index contributed by atoms with van der Waals surface area (Å²) in [6.07, 6.45) is 0.424. The SMILES string of the molecule is CNC(=O)Cc1ccc(NCc2cc(C)cc(C)c2)cc1. The third-order valence-corrected chi connectivity index (χ3v) is 3.38. The summed E-state index contributed by atoms with van der Waals surface area (Å²) in [7, 11) is 1.65. The summed E-state index contributed by atoms with van der Waals surface area (Å²) in [6, 6.07) is 14.6. The number of nitrogens with one attached hydrogen (secondary N) is 2. The molecule has 0 aliphatic rings. The van der Waals surface area contributed by atoms with Crippen molar-refractivity contribution in [3.05, 3.63) is 64.7 Å². The van der Waals surface area contributed by atoms with Gasteiger partial charge in [-0.05, 0) is 37.1 Å². The molecule has 0 unspecified atom stereocenters. The minimum atomic E-state index is 0.0333. The molecule has 0 heterocycles. The van der Waals surface area contributed by atoms with Gasteiger partial charge >= 0.3 is 0 Å². The number of hydrogen-bond acceptors (Lipinski definition) is 2. The van der Waals surface area contributed by atoms with Crippen LogP contribution in [-0.4, -0.2) is 13.0 Å². The van der Waals surface area contributed by atoms with E-state index >= 15 is 0 Å². The summed E-state index contributed by atoms with van der Waals surface area (Å²) >= 11 is 0. The molecule has 0 aliphatic carbocycles. The average molecular weight is 282 g/mol. The highest BCUT2D eigenvalue weighted by atomic mass is 16.1. The zero-order valence-electron chi connectivity index (χ0n) is 12.9. The second-order valence-corrected chi connectivity index (χ2v) is 5.40. The highest BCUT2D eigenvalue weighted by Gasteiger charge is 2.01. The van der Waals surface area contributed by atoms with Gasteiger partial charge in [-0.25, -0.2) is 0 Å². The molecule has 21 heavy (non-hydrogen) atoms. The van der Waals surface area contributed by atoms with Gasteiger partial charge in [-0.3, -0.25) is 4.79 Å². The average Bonchev–Trinajstić information content (AvgIpc) is 2.45. The second kappa shape index (κ2) is 6.93. The molecular weight excluding hydrogens is 260 g/mol. The zero-order valence-corrected chi connectivity index (χ0v) is 12.9. The Morgan fingerprint density at radius 2 is 1.57 bits per heavy atom. The van der Waals surface area contributed by atoms with E-state index in [0.29, 0.717) is 6.42 Å². The maximum Gasteiger partial charge on any atom is 0.224 e. The van der Waals surface area contributed by atoms with Crippen LogP contribution >= 0.6 is 0 Å². The van der Waals surface area contributed by atoms with E-state index in [1.165, 1.54) is 16.7 Å². The lowest BCUT2D eigenvalue weighted by atomic mass is 10.1. The van der Waals surface area contributed by atoms with Crippen LogP contribution in [0.4, 0.5) is 5.69 Å². The topological polar surface area (TPSA) is 41.1 Å². The van der Waals surface area contributed by atoms with Gasteiger partial charge in [0.25, 0.3) is 0 Å². The summed E-state index contributed by atoms with van der Waals surface area (Å²) in [5.41, 5.74) is 5.93. The quantitative estimate of drug-likeness (QED) is 0.884. The van der Waals surface area contributed by atoms with Crippen molar-refractivity contribution < 1.29 is 4.79 Å². The Morgan fingerprint density at radius 3 is 2.14 bits per heavy atom. The van der Waals surface area contributed by atoms with E-state index in [9.17, 15) is 4.79 Å². The second-order valence-electron chi connectivity index (χ2n) is 5.40. The van der Waals surface area contributed by atoms with Crippen molar-refractivity contribution in [2.24, 2.45) is 0 Å². The summed E-state index contributed by atoms with van der Waals surface area (Å²) in [5, 5.41) is 6.04. The van der Waals surface area contributed by atoms with Gasteiger partial charge in [-0.2, -0.15) is 0 Å². The molecule has 3 nitrogen and oxygen atoms in total. The third kappa shape index (κ3) is 4.63. The Kier molecular flexibility index (Phi) is 4.99. The van der Waals surface area contributed by atoms with Crippen LogP contribution in [0.2, 0.25) is 0 Å². The van der Waals surface area contributed by atoms with Crippen molar-refractivity contribution in [1.82, 2.24) is 5.32 Å². The number of rotatable bonds is 5. The van der Waals surface area contributed by atoms with Gasteiger partial charge in [0.1, 0.15) is 0 Å². The summed E-state index contributed by atoms with van der Waals surface area (Å²) in [6.45, 7) is 5.03. The van der Waals surface area contributed by atoms with Crippen LogP contribution in [0.25, 0.3) is 0 Å². The van der Waals surface area contributed by atoms with Crippen LogP contribution < -0.4 is 10.6 Å². The first-order valence-corrected chi connectivity index (χ1v) is 7.17. The van der Waals surface area contributed by atoms with Gasteiger partial charge < -0.3 is 10.6 Å². The third-order valence-electron chi connectivity index (χ3n) is 3.38. The maximum atomic E-state index is 11.3. The minimum absolute atomic E-state index is 0.0333. The van der Waals surface area contributed by atoms with E-state index in [2.05, 4.69) is 42.7 Å². The van der Waals surface area contributed by atoms with Crippen molar-refractivity contribution in [2.75, 3.05) is 12.4 Å². The van der Waals surface area contributed by atoms with Crippen LogP contribution in [-0.2, 0) is 17.8 Å². The van der Waals surface area contributed by atoms with Crippen LogP contribution in [0.15, 0.2) is 42.5 Å². The van der Waals surface area contributed by atoms with Crippen molar-refractivity contribution in [3.8, 4) is 0 Å². The standard InChI is InChI=1S/C18H22N2O/c1-13-8-14(2)10-16(9-13)12-20-17-6-4-15(5-7-17)11-18(21)19-3/h4-10,20H,11-12H2,1-3H3,(H,19,21). The number of carbonyl (C=O) groups excluding carboxylic acids is 1. The van der Waals surface area contributed by atoms with Gasteiger partial charge in [0.15, 0.2) is 0 Å². The van der Waals surface area contributed by atoms with Gasteiger partial charge in [0, 0.05) is 19.3 Å². The smallest absolute Gasteiger partial charge is 0.224 e. The lowest BCUT2D eigenvalue weighted by Gasteiger charge is -2.09. The monoisotopic (exact) mass is 282 g/mol. The Balaban J connectivity index is 1.95. The summed E-state index contributed by atoms with van der Waals surface area (Å²) in [4.78, 5) is 11.3. The Bertz CT molecular complexity index is 597. The molecule has 0 fully saturated rings. The molecule has 2 rings (SSSR count). The fourth-order valence-electron chi connectivity index (χ4n) is 2.39. The number of amides is 1. The molecule has 0 aromatic heterocycles. The van der Waals surface area contributed by atoms with Gasteiger partial charge in [-0.1, -0.05) is 41.5 Å². The number of hydrogen-bond donors (Lipinski definition) is 2. The van der Waals surface area contributed by atoms with E-state index in [-0.39, 0.29) is 5.91 Å². The molecule has 0 radical (unpaired) electrons. The van der Waals surface area contributed by atoms with Crippen molar-refractivity contribution >= 4 is 11.6 Å². The van der Waals surface area contributed by atoms with Crippen molar-refractivity contribution in [1.29, 1.82) is 0 Å². The molecule has 0 bridgehead atoms. The Morgan fingerprint density at radius 1 is 0.952 bits per heavy atom. The van der Waals surface area contributed by atoms with E-state index < -0.39 is 0 Å². The van der Waals surface area contributed by atoms with E-state index in [0.717, 1.165) is 17.8 Å². The first-order chi connectivity index (χ1) is 10.1. The fraction of sp³-hybridized carbons (Fsp3) is 0.278. The molecular formula is C18H22N2O. The number of benzene rings is 2. The summed E-state index contributed by atoms with van der Waals surface area (Å²) in [5.74, 6) is 0.0333. The number of aryl methyl sites for hydroxylation is 2. The van der Waals surface area contributed by atoms with Gasteiger partial charge in [-0.15, -0.1) is 0 Å². The molecule has 0 atom stereocenters.